The summed E-state index contributed by atoms with van der Waals surface area (Å²) in [7, 11) is 1.55. The van der Waals surface area contributed by atoms with Crippen molar-refractivity contribution in [3.05, 3.63) is 24.3 Å². The highest BCUT2D eigenvalue weighted by Crippen LogP contribution is 1.90. The van der Waals surface area contributed by atoms with Crippen LogP contribution in [0.2, 0.25) is 0 Å². The maximum Gasteiger partial charge on any atom is 0.333 e. The van der Waals surface area contributed by atoms with Crippen molar-refractivity contribution in [3.63, 3.8) is 0 Å². The number of rotatable bonds is 5. The lowest BCUT2D eigenvalue weighted by molar-refractivity contribution is -0.140. The minimum Gasteiger partial charge on any atom is -0.478 e. The second kappa shape index (κ2) is 9.92. The van der Waals surface area contributed by atoms with Gasteiger partial charge in [0, 0.05) is 18.3 Å². The Morgan fingerprint density at radius 1 is 1.12 bits per heavy atom. The van der Waals surface area contributed by atoms with Crippen molar-refractivity contribution in [1.82, 2.24) is 0 Å². The molecule has 0 saturated carbocycles. The number of carboxylic acids is 1. The van der Waals surface area contributed by atoms with Gasteiger partial charge >= 0.3 is 11.9 Å². The van der Waals surface area contributed by atoms with E-state index >= 15 is 0 Å². The van der Waals surface area contributed by atoms with Crippen LogP contribution in [0, 0.1) is 0 Å². The van der Waals surface area contributed by atoms with E-state index in [1.807, 2.05) is 0 Å². The van der Waals surface area contributed by atoms with Crippen LogP contribution in [0.1, 0.15) is 13.8 Å². The van der Waals surface area contributed by atoms with E-state index in [-0.39, 0.29) is 11.5 Å². The van der Waals surface area contributed by atoms with E-state index in [0.29, 0.717) is 18.8 Å². The molecular weight excluding hydrogens is 212 g/mol. The van der Waals surface area contributed by atoms with Crippen LogP contribution in [0.4, 0.5) is 0 Å². The van der Waals surface area contributed by atoms with E-state index in [1.54, 1.807) is 14.0 Å². The van der Waals surface area contributed by atoms with E-state index in [0.717, 1.165) is 0 Å². The molecule has 0 aromatic rings. The van der Waals surface area contributed by atoms with E-state index in [1.165, 1.54) is 6.92 Å². The van der Waals surface area contributed by atoms with Crippen LogP contribution in [0.15, 0.2) is 24.3 Å². The normalized spacial score (nSPS) is 8.44. The maximum atomic E-state index is 10.6. The topological polar surface area (TPSA) is 72.8 Å². The van der Waals surface area contributed by atoms with Gasteiger partial charge < -0.3 is 14.6 Å². The highest BCUT2D eigenvalue weighted by atomic mass is 16.6. The van der Waals surface area contributed by atoms with E-state index < -0.39 is 5.97 Å². The summed E-state index contributed by atoms with van der Waals surface area (Å²) in [5.74, 6) is -1.30. The molecule has 0 atom stereocenters. The molecule has 5 heteroatoms. The van der Waals surface area contributed by atoms with Gasteiger partial charge in [-0.25, -0.2) is 9.59 Å². The van der Waals surface area contributed by atoms with Crippen molar-refractivity contribution in [2.24, 2.45) is 0 Å². The summed E-state index contributed by atoms with van der Waals surface area (Å²) in [6.45, 7) is 10.3. The van der Waals surface area contributed by atoms with Gasteiger partial charge in [0.15, 0.2) is 0 Å². The first-order valence-electron chi connectivity index (χ1n) is 4.53. The highest BCUT2D eigenvalue weighted by Gasteiger charge is 2.00. The van der Waals surface area contributed by atoms with Crippen LogP contribution in [0.25, 0.3) is 0 Å². The summed E-state index contributed by atoms with van der Waals surface area (Å²) < 4.78 is 9.35. The van der Waals surface area contributed by atoms with Crippen molar-refractivity contribution in [3.8, 4) is 0 Å². The third-order valence-corrected chi connectivity index (χ3v) is 1.23. The van der Waals surface area contributed by atoms with Gasteiger partial charge in [-0.05, 0) is 13.8 Å². The number of aliphatic carboxylic acids is 1. The van der Waals surface area contributed by atoms with Crippen molar-refractivity contribution >= 4 is 11.9 Å². The molecule has 16 heavy (non-hydrogen) atoms. The predicted molar refractivity (Wildman–Crippen MR) is 60.1 cm³/mol. The van der Waals surface area contributed by atoms with E-state index in [4.69, 9.17) is 5.11 Å². The Bertz CT molecular complexity index is 256. The van der Waals surface area contributed by atoms with E-state index in [2.05, 4.69) is 22.6 Å². The summed E-state index contributed by atoms with van der Waals surface area (Å²) in [6, 6.07) is 0. The molecule has 0 heterocycles. The Morgan fingerprint density at radius 3 is 1.81 bits per heavy atom. The van der Waals surface area contributed by atoms with Crippen molar-refractivity contribution < 1.29 is 24.2 Å². The second-order valence-corrected chi connectivity index (χ2v) is 2.99. The zero-order valence-electron chi connectivity index (χ0n) is 9.91. The molecule has 0 amide bonds. The zero-order valence-corrected chi connectivity index (χ0v) is 9.91. The number of hydrogen-bond acceptors (Lipinski definition) is 4. The third-order valence-electron chi connectivity index (χ3n) is 1.23. The quantitative estimate of drug-likeness (QED) is 0.439. The SMILES string of the molecule is C=C(C)C(=O)O.C=C(C)C(=O)OCCOC. The molecule has 5 nitrogen and oxygen atoms in total. The van der Waals surface area contributed by atoms with Crippen LogP contribution in [-0.4, -0.2) is 37.4 Å². The lowest BCUT2D eigenvalue weighted by atomic mass is 10.4. The van der Waals surface area contributed by atoms with Gasteiger partial charge in [0.1, 0.15) is 6.61 Å². The van der Waals surface area contributed by atoms with Gasteiger partial charge in [-0.1, -0.05) is 13.2 Å². The van der Waals surface area contributed by atoms with Crippen LogP contribution >= 0.6 is 0 Å². The molecule has 0 fully saturated rings. The molecule has 0 saturated heterocycles. The monoisotopic (exact) mass is 230 g/mol. The lowest BCUT2D eigenvalue weighted by Crippen LogP contribution is -2.09. The highest BCUT2D eigenvalue weighted by molar-refractivity contribution is 5.86. The fraction of sp³-hybridized carbons (Fsp3) is 0.455. The number of ether oxygens (including phenoxy) is 2. The number of esters is 1. The standard InChI is InChI=1S/C7H12O3.C4H6O2/c1-6(2)7(8)10-5-4-9-3;1-3(2)4(5)6/h1,4-5H2,2-3H3;1H2,2H3,(H,5,6). The van der Waals surface area contributed by atoms with Gasteiger partial charge in [-0.2, -0.15) is 0 Å². The van der Waals surface area contributed by atoms with Gasteiger partial charge in [-0.3, -0.25) is 0 Å². The average Bonchev–Trinajstić information content (AvgIpc) is 2.18. The van der Waals surface area contributed by atoms with Gasteiger partial charge in [0.05, 0.1) is 6.61 Å². The van der Waals surface area contributed by atoms with E-state index in [9.17, 15) is 9.59 Å². The molecule has 0 aromatic carbocycles. The molecule has 0 spiro atoms. The summed E-state index contributed by atoms with van der Waals surface area (Å²) in [5, 5.41) is 7.89. The molecule has 0 aromatic heterocycles. The summed E-state index contributed by atoms with van der Waals surface area (Å²) in [5.41, 5.74) is 0.589. The lowest BCUT2D eigenvalue weighted by Gasteiger charge is -2.01. The summed E-state index contributed by atoms with van der Waals surface area (Å²) in [6.07, 6.45) is 0. The molecular formula is C11H18O5. The van der Waals surface area contributed by atoms with Gasteiger partial charge in [0.25, 0.3) is 0 Å². The van der Waals surface area contributed by atoms with Crippen LogP contribution in [0.5, 0.6) is 0 Å². The largest absolute Gasteiger partial charge is 0.478 e. The number of hydrogen-bond donors (Lipinski definition) is 1. The van der Waals surface area contributed by atoms with Crippen molar-refractivity contribution in [2.45, 2.75) is 13.8 Å². The van der Waals surface area contributed by atoms with Crippen molar-refractivity contribution in [2.75, 3.05) is 20.3 Å². The molecule has 1 N–H and O–H groups in total. The molecule has 0 aliphatic heterocycles. The molecule has 0 aliphatic carbocycles. The average molecular weight is 230 g/mol. The number of methoxy groups -OCH3 is 1. The Morgan fingerprint density at radius 2 is 1.56 bits per heavy atom. The number of carboxylic acid groups (broad SMARTS) is 1. The first-order chi connectivity index (χ1) is 7.32. The maximum absolute atomic E-state index is 10.6. The fourth-order valence-corrected chi connectivity index (χ4v) is 0.341. The zero-order chi connectivity index (χ0) is 13.1. The Kier molecular flexibility index (Phi) is 10.4. The van der Waals surface area contributed by atoms with Crippen LogP contribution in [0.3, 0.4) is 0 Å². The molecule has 0 aliphatic rings. The van der Waals surface area contributed by atoms with Crippen molar-refractivity contribution in [1.29, 1.82) is 0 Å². The first-order valence-corrected chi connectivity index (χ1v) is 4.53. The Hall–Kier alpha value is -1.62. The number of carbonyl (C=O) groups excluding carboxylic acids is 1. The fourth-order valence-electron chi connectivity index (χ4n) is 0.341. The number of carbonyl (C=O) groups is 2. The smallest absolute Gasteiger partial charge is 0.333 e. The third kappa shape index (κ3) is 12.4. The second-order valence-electron chi connectivity index (χ2n) is 2.99. The van der Waals surface area contributed by atoms with Gasteiger partial charge in [-0.15, -0.1) is 0 Å². The van der Waals surface area contributed by atoms with Gasteiger partial charge in [0.2, 0.25) is 0 Å². The van der Waals surface area contributed by atoms with Crippen LogP contribution < -0.4 is 0 Å². The predicted octanol–water partition coefficient (Wildman–Crippen LogP) is 1.40. The first kappa shape index (κ1) is 16.8. The molecule has 0 radical (unpaired) electrons. The summed E-state index contributed by atoms with van der Waals surface area (Å²) in [4.78, 5) is 20.2. The van der Waals surface area contributed by atoms with Crippen LogP contribution in [-0.2, 0) is 19.1 Å². The Balaban J connectivity index is 0. The Labute approximate surface area is 95.4 Å². The molecule has 92 valence electrons. The minimum atomic E-state index is -0.935. The minimum absolute atomic E-state index is 0.176. The molecule has 0 rings (SSSR count). The summed E-state index contributed by atoms with van der Waals surface area (Å²) >= 11 is 0. The molecule has 0 unspecified atom stereocenters. The molecule has 0 bridgehead atoms.